The van der Waals surface area contributed by atoms with E-state index in [0.717, 1.165) is 5.82 Å². The molecule has 5 atom stereocenters. The van der Waals surface area contributed by atoms with Gasteiger partial charge in [-0.05, 0) is 51.5 Å². The van der Waals surface area contributed by atoms with E-state index >= 15 is 0 Å². The Bertz CT molecular complexity index is 684. The molecule has 9 nitrogen and oxygen atoms in total. The second-order valence-corrected chi connectivity index (χ2v) is 8.96. The molecule has 0 N–H and O–H groups in total. The molecule has 0 aromatic carbocycles. The average Bonchev–Trinajstić information content (AvgIpc) is 3.23. The van der Waals surface area contributed by atoms with Crippen molar-refractivity contribution in [1.82, 2.24) is 24.9 Å². The predicted octanol–water partition coefficient (Wildman–Crippen LogP) is 2.92. The maximum absolute atomic E-state index is 7.03. The molecular weight excluding hydrogens is 367 g/mol. The molecule has 150 valence electrons. The Balaban J connectivity index is 1.89. The van der Waals surface area contributed by atoms with Gasteiger partial charge in [-0.15, -0.1) is 5.10 Å². The molecular formula is C17H29N6O3P. The van der Waals surface area contributed by atoms with Crippen molar-refractivity contribution >= 4 is 8.53 Å². The van der Waals surface area contributed by atoms with Crippen molar-refractivity contribution in [2.75, 3.05) is 13.2 Å². The van der Waals surface area contributed by atoms with Gasteiger partial charge in [0.1, 0.15) is 18.8 Å². The largest absolute Gasteiger partial charge is 0.359 e. The summed E-state index contributed by atoms with van der Waals surface area (Å²) >= 11 is 0. The second-order valence-electron chi connectivity index (χ2n) is 7.55. The van der Waals surface area contributed by atoms with Crippen molar-refractivity contribution in [3.8, 4) is 0 Å². The fraction of sp³-hybridized carbons (Fsp3) is 0.882. The quantitative estimate of drug-likeness (QED) is 0.361. The van der Waals surface area contributed by atoms with Crippen LogP contribution in [0.1, 0.15) is 59.8 Å². The van der Waals surface area contributed by atoms with Crippen LogP contribution in [0.4, 0.5) is 0 Å². The van der Waals surface area contributed by atoms with Crippen molar-refractivity contribution < 1.29 is 13.8 Å². The van der Waals surface area contributed by atoms with Crippen LogP contribution < -0.4 is 0 Å². The molecule has 1 saturated heterocycles. The summed E-state index contributed by atoms with van der Waals surface area (Å²) in [6.07, 6.45) is 0.431. The number of nitrogens with zero attached hydrogens (tertiary/aromatic N) is 6. The van der Waals surface area contributed by atoms with Gasteiger partial charge in [0, 0.05) is 12.1 Å². The fourth-order valence-corrected chi connectivity index (χ4v) is 5.93. The van der Waals surface area contributed by atoms with Crippen LogP contribution in [0.25, 0.3) is 4.85 Å². The van der Waals surface area contributed by atoms with E-state index in [2.05, 4.69) is 59.7 Å². The highest BCUT2D eigenvalue weighted by molar-refractivity contribution is 7.44. The molecule has 3 rings (SSSR count). The van der Waals surface area contributed by atoms with Gasteiger partial charge in [0.15, 0.2) is 11.4 Å². The molecule has 2 aliphatic rings. The molecule has 0 spiro atoms. The lowest BCUT2D eigenvalue weighted by molar-refractivity contribution is -0.0909. The van der Waals surface area contributed by atoms with Crippen LogP contribution in [0.5, 0.6) is 0 Å². The van der Waals surface area contributed by atoms with E-state index in [1.165, 1.54) is 0 Å². The lowest BCUT2D eigenvalue weighted by Gasteiger charge is -2.38. The molecule has 10 heteroatoms. The first-order valence-electron chi connectivity index (χ1n) is 9.54. The zero-order valence-electron chi connectivity index (χ0n) is 16.9. The molecule has 1 aromatic rings. The summed E-state index contributed by atoms with van der Waals surface area (Å²) in [6.45, 7) is 20.3. The first-order chi connectivity index (χ1) is 12.9. The summed E-state index contributed by atoms with van der Waals surface area (Å²) in [5, 5.41) is 12.2. The Morgan fingerprint density at radius 1 is 1.37 bits per heavy atom. The standard InChI is InChI=1S/C17H29N6O3P/c1-8-17-15(14(13(6)25-17)22-16(17)19-20-21-22)26-27(24-10-9-18-7)23(11(2)3)12(4)5/h11-15H,8-10H2,1-6H3/t13-,14+,15?,17+,27?/m0/s1. The van der Waals surface area contributed by atoms with E-state index in [9.17, 15) is 0 Å². The van der Waals surface area contributed by atoms with E-state index in [1.807, 2.05) is 11.6 Å². The van der Waals surface area contributed by atoms with Crippen LogP contribution in [-0.2, 0) is 19.4 Å². The molecule has 1 aromatic heterocycles. The fourth-order valence-electron chi connectivity index (χ4n) is 4.15. The Hall–Kier alpha value is -1.17. The van der Waals surface area contributed by atoms with Gasteiger partial charge in [0.05, 0.1) is 6.10 Å². The Morgan fingerprint density at radius 3 is 2.67 bits per heavy atom. The smallest absolute Gasteiger partial charge is 0.259 e. The highest BCUT2D eigenvalue weighted by Gasteiger charge is 2.65. The van der Waals surface area contributed by atoms with Crippen molar-refractivity contribution in [1.29, 1.82) is 0 Å². The molecule has 27 heavy (non-hydrogen) atoms. The summed E-state index contributed by atoms with van der Waals surface area (Å²) in [5.74, 6) is 0.731. The van der Waals surface area contributed by atoms with Crippen molar-refractivity contribution in [2.24, 2.45) is 0 Å². The van der Waals surface area contributed by atoms with Crippen molar-refractivity contribution in [3.05, 3.63) is 17.2 Å². The van der Waals surface area contributed by atoms with E-state index in [4.69, 9.17) is 20.4 Å². The molecule has 2 bridgehead atoms. The third-order valence-electron chi connectivity index (χ3n) is 5.18. The highest BCUT2D eigenvalue weighted by Crippen LogP contribution is 2.59. The van der Waals surface area contributed by atoms with E-state index in [-0.39, 0.29) is 30.3 Å². The molecule has 1 fully saturated rings. The monoisotopic (exact) mass is 396 g/mol. The van der Waals surface area contributed by atoms with E-state index in [0.29, 0.717) is 19.6 Å². The normalized spacial score (nSPS) is 30.3. The molecule has 0 aliphatic carbocycles. The molecule has 0 radical (unpaired) electrons. The van der Waals surface area contributed by atoms with Gasteiger partial charge < -0.3 is 18.6 Å². The molecule has 2 aliphatic heterocycles. The summed E-state index contributed by atoms with van der Waals surface area (Å²) in [6, 6.07) is 0.414. The number of aromatic nitrogens is 4. The number of tetrazole rings is 1. The number of ether oxygens (including phenoxy) is 1. The van der Waals surface area contributed by atoms with Crippen LogP contribution in [0.15, 0.2) is 0 Å². The first kappa shape index (κ1) is 20.6. The summed E-state index contributed by atoms with van der Waals surface area (Å²) in [5.41, 5.74) is -0.656. The first-order valence-corrected chi connectivity index (χ1v) is 10.7. The van der Waals surface area contributed by atoms with Gasteiger partial charge in [-0.1, -0.05) is 6.92 Å². The van der Waals surface area contributed by atoms with Gasteiger partial charge in [0.2, 0.25) is 6.54 Å². The number of rotatable bonds is 9. The zero-order chi connectivity index (χ0) is 19.8. The Morgan fingerprint density at radius 2 is 2.07 bits per heavy atom. The molecule has 2 unspecified atom stereocenters. The minimum Gasteiger partial charge on any atom is -0.359 e. The van der Waals surface area contributed by atoms with Crippen molar-refractivity contribution in [2.45, 2.75) is 83.9 Å². The summed E-state index contributed by atoms with van der Waals surface area (Å²) in [7, 11) is -1.36. The minimum absolute atomic E-state index is 0.0439. The third kappa shape index (κ3) is 3.39. The topological polar surface area (TPSA) is 78.9 Å². The van der Waals surface area contributed by atoms with Crippen LogP contribution in [0.3, 0.4) is 0 Å². The molecule has 3 heterocycles. The van der Waals surface area contributed by atoms with Crippen LogP contribution in [0, 0.1) is 6.57 Å². The number of hydrogen-bond donors (Lipinski definition) is 0. The lowest BCUT2D eigenvalue weighted by atomic mass is 9.94. The second kappa shape index (κ2) is 8.06. The van der Waals surface area contributed by atoms with Gasteiger partial charge in [0.25, 0.3) is 8.53 Å². The van der Waals surface area contributed by atoms with Crippen LogP contribution in [0.2, 0.25) is 0 Å². The minimum atomic E-state index is -1.36. The highest BCUT2D eigenvalue weighted by atomic mass is 31.2. The zero-order valence-corrected chi connectivity index (χ0v) is 17.8. The SMILES string of the molecule is [C-]#[N+]CCOP(OC1[C@H]2[C@H](C)O[C@@]1(CC)c1nnnn12)N(C(C)C)C(C)C. The molecule has 0 saturated carbocycles. The summed E-state index contributed by atoms with van der Waals surface area (Å²) < 4.78 is 23.1. The van der Waals surface area contributed by atoms with Crippen LogP contribution in [-0.4, -0.2) is 62.3 Å². The lowest BCUT2D eigenvalue weighted by Crippen LogP contribution is -2.39. The van der Waals surface area contributed by atoms with Gasteiger partial charge in [-0.3, -0.25) is 0 Å². The van der Waals surface area contributed by atoms with Gasteiger partial charge >= 0.3 is 0 Å². The Kier molecular flexibility index (Phi) is 6.14. The maximum atomic E-state index is 7.03. The summed E-state index contributed by atoms with van der Waals surface area (Å²) in [4.78, 5) is 3.40. The molecule has 0 amide bonds. The average molecular weight is 396 g/mol. The van der Waals surface area contributed by atoms with Crippen molar-refractivity contribution in [3.63, 3.8) is 0 Å². The van der Waals surface area contributed by atoms with Crippen LogP contribution >= 0.6 is 8.53 Å². The van der Waals surface area contributed by atoms with Gasteiger partial charge in [-0.2, -0.15) is 0 Å². The van der Waals surface area contributed by atoms with E-state index < -0.39 is 14.1 Å². The Labute approximate surface area is 162 Å². The third-order valence-corrected chi connectivity index (χ3v) is 7.29. The predicted molar refractivity (Wildman–Crippen MR) is 101 cm³/mol. The van der Waals surface area contributed by atoms with Gasteiger partial charge in [-0.25, -0.2) is 15.9 Å². The number of hydrogen-bond acceptors (Lipinski definition) is 7. The number of fused-ring (bicyclic) bond motifs is 5. The van der Waals surface area contributed by atoms with E-state index in [1.54, 1.807) is 0 Å². The maximum Gasteiger partial charge on any atom is 0.259 e.